The van der Waals surface area contributed by atoms with Crippen LogP contribution < -0.4 is 10.5 Å². The zero-order valence-electron chi connectivity index (χ0n) is 12.5. The van der Waals surface area contributed by atoms with Gasteiger partial charge >= 0.3 is 0 Å². The predicted octanol–water partition coefficient (Wildman–Crippen LogP) is 4.84. The second-order valence-corrected chi connectivity index (χ2v) is 5.43. The molecule has 2 N–H and O–H groups in total. The number of nitrogen functional groups attached to an aromatic ring is 1. The van der Waals surface area contributed by atoms with Crippen LogP contribution >= 0.6 is 11.6 Å². The normalized spacial score (nSPS) is 10.6. The summed E-state index contributed by atoms with van der Waals surface area (Å²) in [6, 6.07) is 14.8. The molecule has 0 aliphatic carbocycles. The Morgan fingerprint density at radius 2 is 1.67 bits per heavy atom. The molecule has 24 heavy (non-hydrogen) atoms. The van der Waals surface area contributed by atoms with Crippen molar-refractivity contribution in [2.24, 2.45) is 0 Å². The maximum atomic E-state index is 13.7. The fraction of sp³-hybridized carbons (Fsp3) is 0.0556. The van der Waals surface area contributed by atoms with Crippen LogP contribution in [0.4, 0.5) is 14.6 Å². The van der Waals surface area contributed by atoms with Crippen LogP contribution in [0.25, 0.3) is 11.3 Å². The van der Waals surface area contributed by atoms with Crippen molar-refractivity contribution >= 4 is 17.4 Å². The third-order valence-electron chi connectivity index (χ3n) is 3.47. The van der Waals surface area contributed by atoms with Crippen LogP contribution in [0.15, 0.2) is 54.6 Å². The molecule has 3 aromatic rings. The number of hydrogen-bond donors (Lipinski definition) is 1. The van der Waals surface area contributed by atoms with Gasteiger partial charge in [-0.1, -0.05) is 41.9 Å². The van der Waals surface area contributed by atoms with Gasteiger partial charge in [-0.25, -0.2) is 13.8 Å². The molecular weight excluding hydrogens is 334 g/mol. The van der Waals surface area contributed by atoms with Gasteiger partial charge in [0.2, 0.25) is 0 Å². The van der Waals surface area contributed by atoms with Gasteiger partial charge in [0.25, 0.3) is 0 Å². The van der Waals surface area contributed by atoms with Gasteiger partial charge in [-0.2, -0.15) is 0 Å². The number of ether oxygens (including phenoxy) is 1. The fourth-order valence-corrected chi connectivity index (χ4v) is 2.41. The highest BCUT2D eigenvalue weighted by atomic mass is 35.5. The number of pyridine rings is 1. The summed E-state index contributed by atoms with van der Waals surface area (Å²) in [5.74, 6) is -0.922. The molecule has 0 saturated carbocycles. The van der Waals surface area contributed by atoms with Crippen molar-refractivity contribution in [3.63, 3.8) is 0 Å². The summed E-state index contributed by atoms with van der Waals surface area (Å²) in [5, 5.41) is -0.303. The molecule has 6 heteroatoms. The summed E-state index contributed by atoms with van der Waals surface area (Å²) < 4.78 is 32.6. The second-order valence-electron chi connectivity index (χ2n) is 5.06. The summed E-state index contributed by atoms with van der Waals surface area (Å²) in [6.45, 7) is -0.251. The van der Waals surface area contributed by atoms with E-state index in [2.05, 4.69) is 4.98 Å². The minimum Gasteiger partial charge on any atom is -0.485 e. The smallest absolute Gasteiger partial charge is 0.166 e. The van der Waals surface area contributed by atoms with E-state index in [1.807, 2.05) is 30.3 Å². The molecule has 0 radical (unpaired) electrons. The standard InChI is InChI=1S/C18H13ClF2N2O/c19-17-12(13(20)6-7-14(17)21)10-24-16-9-8-15(23-18(16)22)11-4-2-1-3-5-11/h1-9H,10H2,(H2,22,23). The van der Waals surface area contributed by atoms with E-state index in [4.69, 9.17) is 22.1 Å². The molecule has 0 spiro atoms. The second kappa shape index (κ2) is 6.84. The first-order chi connectivity index (χ1) is 11.6. The number of benzene rings is 2. The van der Waals surface area contributed by atoms with Crippen molar-refractivity contribution in [2.45, 2.75) is 6.61 Å². The minimum absolute atomic E-state index is 0.0665. The van der Waals surface area contributed by atoms with Crippen LogP contribution in [-0.4, -0.2) is 4.98 Å². The van der Waals surface area contributed by atoms with E-state index in [1.165, 1.54) is 0 Å². The Morgan fingerprint density at radius 3 is 2.38 bits per heavy atom. The molecule has 0 saturated heterocycles. The van der Waals surface area contributed by atoms with E-state index >= 15 is 0 Å². The van der Waals surface area contributed by atoms with Crippen molar-refractivity contribution in [1.29, 1.82) is 0 Å². The molecule has 0 unspecified atom stereocenters. The number of hydrogen-bond acceptors (Lipinski definition) is 3. The molecule has 1 aromatic heterocycles. The molecule has 0 fully saturated rings. The minimum atomic E-state index is -0.706. The predicted molar refractivity (Wildman–Crippen MR) is 89.8 cm³/mol. The van der Waals surface area contributed by atoms with E-state index in [0.717, 1.165) is 17.7 Å². The number of nitrogens with two attached hydrogens (primary N) is 1. The van der Waals surface area contributed by atoms with Gasteiger partial charge < -0.3 is 10.5 Å². The van der Waals surface area contributed by atoms with E-state index < -0.39 is 11.6 Å². The zero-order chi connectivity index (χ0) is 17.1. The van der Waals surface area contributed by atoms with Crippen LogP contribution in [0.2, 0.25) is 5.02 Å². The van der Waals surface area contributed by atoms with Gasteiger partial charge in [-0.05, 0) is 24.3 Å². The maximum Gasteiger partial charge on any atom is 0.166 e. The van der Waals surface area contributed by atoms with E-state index in [9.17, 15) is 8.78 Å². The summed E-state index contributed by atoms with van der Waals surface area (Å²) >= 11 is 5.77. The quantitative estimate of drug-likeness (QED) is 0.687. The average molecular weight is 347 g/mol. The van der Waals surface area contributed by atoms with Crippen molar-refractivity contribution in [1.82, 2.24) is 4.98 Å². The lowest BCUT2D eigenvalue weighted by Gasteiger charge is -2.11. The topological polar surface area (TPSA) is 48.1 Å². The summed E-state index contributed by atoms with van der Waals surface area (Å²) in [5.41, 5.74) is 7.43. The molecule has 2 aromatic carbocycles. The number of rotatable bonds is 4. The lowest BCUT2D eigenvalue weighted by Crippen LogP contribution is -2.04. The maximum absolute atomic E-state index is 13.7. The molecule has 0 aliphatic heterocycles. The highest BCUT2D eigenvalue weighted by Crippen LogP contribution is 2.28. The van der Waals surface area contributed by atoms with Crippen molar-refractivity contribution < 1.29 is 13.5 Å². The monoisotopic (exact) mass is 346 g/mol. The van der Waals surface area contributed by atoms with Gasteiger partial charge in [0.15, 0.2) is 11.6 Å². The molecule has 122 valence electrons. The Morgan fingerprint density at radius 1 is 0.958 bits per heavy atom. The van der Waals surface area contributed by atoms with E-state index in [0.29, 0.717) is 5.69 Å². The molecule has 3 nitrogen and oxygen atoms in total. The van der Waals surface area contributed by atoms with Gasteiger partial charge in [-0.3, -0.25) is 0 Å². The molecule has 0 bridgehead atoms. The van der Waals surface area contributed by atoms with Crippen molar-refractivity contribution in [3.8, 4) is 17.0 Å². The third-order valence-corrected chi connectivity index (χ3v) is 3.88. The average Bonchev–Trinajstić information content (AvgIpc) is 2.60. The first-order valence-corrected chi connectivity index (χ1v) is 7.51. The highest BCUT2D eigenvalue weighted by molar-refractivity contribution is 6.31. The van der Waals surface area contributed by atoms with Gasteiger partial charge in [0.1, 0.15) is 18.2 Å². The number of halogens is 3. The van der Waals surface area contributed by atoms with Crippen LogP contribution in [0, 0.1) is 11.6 Å². The van der Waals surface area contributed by atoms with Crippen LogP contribution in [-0.2, 0) is 6.61 Å². The van der Waals surface area contributed by atoms with Crippen LogP contribution in [0.3, 0.4) is 0 Å². The number of nitrogens with zero attached hydrogens (tertiary/aromatic N) is 1. The highest BCUT2D eigenvalue weighted by Gasteiger charge is 2.14. The third kappa shape index (κ3) is 3.31. The van der Waals surface area contributed by atoms with Crippen molar-refractivity contribution in [3.05, 3.63) is 76.8 Å². The molecule has 0 atom stereocenters. The first kappa shape index (κ1) is 16.2. The number of anilines is 1. The first-order valence-electron chi connectivity index (χ1n) is 7.13. The SMILES string of the molecule is Nc1nc(-c2ccccc2)ccc1OCc1c(F)ccc(F)c1Cl. The largest absolute Gasteiger partial charge is 0.485 e. The van der Waals surface area contributed by atoms with Crippen LogP contribution in [0.1, 0.15) is 5.56 Å². The molecular formula is C18H13ClF2N2O. The lowest BCUT2D eigenvalue weighted by molar-refractivity contribution is 0.300. The van der Waals surface area contributed by atoms with E-state index in [-0.39, 0.29) is 28.8 Å². The molecule has 0 amide bonds. The Balaban J connectivity index is 1.81. The Kier molecular flexibility index (Phi) is 4.62. The molecule has 0 aliphatic rings. The lowest BCUT2D eigenvalue weighted by atomic mass is 10.1. The number of aromatic nitrogens is 1. The van der Waals surface area contributed by atoms with Gasteiger partial charge in [-0.15, -0.1) is 0 Å². The van der Waals surface area contributed by atoms with Gasteiger partial charge in [0, 0.05) is 11.1 Å². The summed E-state index contributed by atoms with van der Waals surface area (Å²) in [4.78, 5) is 4.27. The van der Waals surface area contributed by atoms with Gasteiger partial charge in [0.05, 0.1) is 10.7 Å². The summed E-state index contributed by atoms with van der Waals surface area (Å²) in [7, 11) is 0. The fourth-order valence-electron chi connectivity index (χ4n) is 2.21. The van der Waals surface area contributed by atoms with Crippen molar-refractivity contribution in [2.75, 3.05) is 5.73 Å². The summed E-state index contributed by atoms with van der Waals surface area (Å²) in [6.07, 6.45) is 0. The Labute approximate surface area is 142 Å². The Hall–Kier alpha value is -2.66. The zero-order valence-corrected chi connectivity index (χ0v) is 13.2. The Bertz CT molecular complexity index is 872. The molecule has 3 rings (SSSR count). The molecule has 1 heterocycles. The van der Waals surface area contributed by atoms with E-state index in [1.54, 1.807) is 12.1 Å². The van der Waals surface area contributed by atoms with Crippen LogP contribution in [0.5, 0.6) is 5.75 Å².